The number of benzene rings is 1. The maximum atomic E-state index is 9.33. The standard InChI is InChI=1S/C11H13N3O2/c1-8(15)5-9-7-14(13-12-9)10-3-2-4-11(16)6-10/h2-4,6-8,15-16H,5H2,1H3. The van der Waals surface area contributed by atoms with Crippen LogP contribution in [0.3, 0.4) is 0 Å². The van der Waals surface area contributed by atoms with Crippen molar-refractivity contribution < 1.29 is 10.2 Å². The van der Waals surface area contributed by atoms with Gasteiger partial charge in [-0.2, -0.15) is 0 Å². The van der Waals surface area contributed by atoms with E-state index >= 15 is 0 Å². The fraction of sp³-hybridized carbons (Fsp3) is 0.273. The number of hydrogen-bond donors (Lipinski definition) is 2. The predicted molar refractivity (Wildman–Crippen MR) is 58.4 cm³/mol. The number of aliphatic hydroxyl groups excluding tert-OH is 1. The van der Waals surface area contributed by atoms with Crippen molar-refractivity contribution in [1.82, 2.24) is 15.0 Å². The van der Waals surface area contributed by atoms with Crippen LogP contribution in [0.2, 0.25) is 0 Å². The van der Waals surface area contributed by atoms with Gasteiger partial charge in [-0.25, -0.2) is 4.68 Å². The molecular formula is C11H13N3O2. The maximum absolute atomic E-state index is 9.33. The Morgan fingerprint density at radius 3 is 2.94 bits per heavy atom. The first-order valence-electron chi connectivity index (χ1n) is 5.04. The highest BCUT2D eigenvalue weighted by atomic mass is 16.3. The lowest BCUT2D eigenvalue weighted by Gasteiger charge is -2.00. The molecule has 0 aliphatic rings. The van der Waals surface area contributed by atoms with Crippen molar-refractivity contribution in [2.24, 2.45) is 0 Å². The zero-order valence-corrected chi connectivity index (χ0v) is 8.91. The van der Waals surface area contributed by atoms with Crippen molar-refractivity contribution in [2.45, 2.75) is 19.4 Å². The molecule has 1 aromatic carbocycles. The molecule has 2 aromatic rings. The Bertz CT molecular complexity index is 480. The summed E-state index contributed by atoms with van der Waals surface area (Å²) in [4.78, 5) is 0. The van der Waals surface area contributed by atoms with Gasteiger partial charge in [0.05, 0.1) is 23.7 Å². The normalized spacial score (nSPS) is 12.6. The molecule has 0 aliphatic heterocycles. The molecule has 16 heavy (non-hydrogen) atoms. The van der Waals surface area contributed by atoms with Crippen molar-refractivity contribution in [3.8, 4) is 11.4 Å². The summed E-state index contributed by atoms with van der Waals surface area (Å²) >= 11 is 0. The second kappa shape index (κ2) is 4.32. The van der Waals surface area contributed by atoms with E-state index in [4.69, 9.17) is 0 Å². The smallest absolute Gasteiger partial charge is 0.117 e. The Hall–Kier alpha value is -1.88. The average Bonchev–Trinajstić information content (AvgIpc) is 2.65. The van der Waals surface area contributed by atoms with Gasteiger partial charge in [-0.15, -0.1) is 5.10 Å². The van der Waals surface area contributed by atoms with Crippen LogP contribution in [0.15, 0.2) is 30.5 Å². The largest absolute Gasteiger partial charge is 0.508 e. The van der Waals surface area contributed by atoms with Crippen LogP contribution in [0.5, 0.6) is 5.75 Å². The Balaban J connectivity index is 2.24. The van der Waals surface area contributed by atoms with Crippen LogP contribution in [0.1, 0.15) is 12.6 Å². The Labute approximate surface area is 93.0 Å². The molecule has 2 rings (SSSR count). The van der Waals surface area contributed by atoms with Gasteiger partial charge in [0.15, 0.2) is 0 Å². The van der Waals surface area contributed by atoms with Crippen molar-refractivity contribution in [2.75, 3.05) is 0 Å². The Morgan fingerprint density at radius 1 is 1.44 bits per heavy atom. The van der Waals surface area contributed by atoms with Crippen LogP contribution in [0.25, 0.3) is 5.69 Å². The summed E-state index contributed by atoms with van der Waals surface area (Å²) in [6.07, 6.45) is 1.77. The molecule has 0 fully saturated rings. The summed E-state index contributed by atoms with van der Waals surface area (Å²) in [5.74, 6) is 0.185. The van der Waals surface area contributed by atoms with Gasteiger partial charge in [0.1, 0.15) is 5.75 Å². The summed E-state index contributed by atoms with van der Waals surface area (Å²) in [7, 11) is 0. The van der Waals surface area contributed by atoms with Gasteiger partial charge >= 0.3 is 0 Å². The Kier molecular flexibility index (Phi) is 2.87. The van der Waals surface area contributed by atoms with E-state index in [2.05, 4.69) is 10.3 Å². The van der Waals surface area contributed by atoms with E-state index in [9.17, 15) is 10.2 Å². The quantitative estimate of drug-likeness (QED) is 0.804. The molecule has 2 N–H and O–H groups in total. The van der Waals surface area contributed by atoms with E-state index in [0.717, 1.165) is 11.4 Å². The summed E-state index contributed by atoms with van der Waals surface area (Å²) in [5.41, 5.74) is 1.46. The highest BCUT2D eigenvalue weighted by molar-refractivity contribution is 5.37. The van der Waals surface area contributed by atoms with Crippen LogP contribution in [-0.4, -0.2) is 31.3 Å². The molecule has 0 radical (unpaired) electrons. The van der Waals surface area contributed by atoms with E-state index in [1.54, 1.807) is 36.0 Å². The zero-order chi connectivity index (χ0) is 11.5. The summed E-state index contributed by atoms with van der Waals surface area (Å²) in [6.45, 7) is 1.70. The third kappa shape index (κ3) is 2.38. The van der Waals surface area contributed by atoms with E-state index in [1.165, 1.54) is 0 Å². The predicted octanol–water partition coefficient (Wildman–Crippen LogP) is 0.896. The highest BCUT2D eigenvalue weighted by Crippen LogP contribution is 2.14. The minimum Gasteiger partial charge on any atom is -0.508 e. The molecule has 1 heterocycles. The van der Waals surface area contributed by atoms with E-state index in [1.807, 2.05) is 6.07 Å². The molecule has 0 spiro atoms. The molecule has 0 saturated carbocycles. The lowest BCUT2D eigenvalue weighted by molar-refractivity contribution is 0.194. The molecule has 1 atom stereocenters. The molecule has 5 nitrogen and oxygen atoms in total. The number of phenolic OH excluding ortho intramolecular Hbond substituents is 1. The average molecular weight is 219 g/mol. The minimum absolute atomic E-state index is 0.185. The topological polar surface area (TPSA) is 71.2 Å². The third-order valence-electron chi connectivity index (χ3n) is 2.14. The lowest BCUT2D eigenvalue weighted by atomic mass is 10.2. The van der Waals surface area contributed by atoms with E-state index in [-0.39, 0.29) is 5.75 Å². The number of aliphatic hydroxyl groups is 1. The molecular weight excluding hydrogens is 206 g/mol. The summed E-state index contributed by atoms with van der Waals surface area (Å²) < 4.78 is 1.57. The van der Waals surface area contributed by atoms with Crippen molar-refractivity contribution in [3.05, 3.63) is 36.2 Å². The van der Waals surface area contributed by atoms with Crippen LogP contribution >= 0.6 is 0 Å². The van der Waals surface area contributed by atoms with Crippen LogP contribution < -0.4 is 0 Å². The highest BCUT2D eigenvalue weighted by Gasteiger charge is 2.05. The SMILES string of the molecule is CC(O)Cc1cn(-c2cccc(O)c2)nn1. The first kappa shape index (κ1) is 10.6. The summed E-state index contributed by atoms with van der Waals surface area (Å²) in [5, 5.41) is 26.4. The molecule has 84 valence electrons. The third-order valence-corrected chi connectivity index (χ3v) is 2.14. The number of aromatic hydroxyl groups is 1. The van der Waals surface area contributed by atoms with E-state index in [0.29, 0.717) is 6.42 Å². The van der Waals surface area contributed by atoms with Crippen LogP contribution in [-0.2, 0) is 6.42 Å². The van der Waals surface area contributed by atoms with Gasteiger partial charge < -0.3 is 10.2 Å². The Morgan fingerprint density at radius 2 is 2.25 bits per heavy atom. The minimum atomic E-state index is -0.436. The number of aromatic nitrogens is 3. The van der Waals surface area contributed by atoms with Gasteiger partial charge in [0, 0.05) is 12.5 Å². The molecule has 5 heteroatoms. The lowest BCUT2D eigenvalue weighted by Crippen LogP contribution is -2.04. The molecule has 1 unspecified atom stereocenters. The summed E-state index contributed by atoms with van der Waals surface area (Å²) in [6, 6.07) is 6.75. The van der Waals surface area contributed by atoms with Gasteiger partial charge in [0.25, 0.3) is 0 Å². The van der Waals surface area contributed by atoms with Gasteiger partial charge in [-0.3, -0.25) is 0 Å². The molecule has 0 aliphatic carbocycles. The van der Waals surface area contributed by atoms with Crippen molar-refractivity contribution in [3.63, 3.8) is 0 Å². The van der Waals surface area contributed by atoms with Gasteiger partial charge in [0.2, 0.25) is 0 Å². The maximum Gasteiger partial charge on any atom is 0.117 e. The first-order chi connectivity index (χ1) is 7.65. The second-order valence-corrected chi connectivity index (χ2v) is 3.73. The number of rotatable bonds is 3. The van der Waals surface area contributed by atoms with Crippen molar-refractivity contribution in [1.29, 1.82) is 0 Å². The second-order valence-electron chi connectivity index (χ2n) is 3.73. The van der Waals surface area contributed by atoms with Crippen molar-refractivity contribution >= 4 is 0 Å². The molecule has 1 aromatic heterocycles. The molecule has 0 amide bonds. The number of hydrogen-bond acceptors (Lipinski definition) is 4. The van der Waals surface area contributed by atoms with Gasteiger partial charge in [-0.1, -0.05) is 11.3 Å². The number of nitrogens with zero attached hydrogens (tertiary/aromatic N) is 3. The van der Waals surface area contributed by atoms with Crippen LogP contribution in [0, 0.1) is 0 Å². The van der Waals surface area contributed by atoms with Crippen LogP contribution in [0.4, 0.5) is 0 Å². The monoisotopic (exact) mass is 219 g/mol. The fourth-order valence-corrected chi connectivity index (χ4v) is 1.46. The number of phenols is 1. The fourth-order valence-electron chi connectivity index (χ4n) is 1.46. The molecule has 0 saturated heterocycles. The molecule has 0 bridgehead atoms. The van der Waals surface area contributed by atoms with Gasteiger partial charge in [-0.05, 0) is 19.1 Å². The van der Waals surface area contributed by atoms with E-state index < -0.39 is 6.10 Å². The zero-order valence-electron chi connectivity index (χ0n) is 8.91. The first-order valence-corrected chi connectivity index (χ1v) is 5.04.